The first-order valence-electron chi connectivity index (χ1n) is 12.9. The van der Waals surface area contributed by atoms with Crippen molar-refractivity contribution in [3.63, 3.8) is 0 Å². The van der Waals surface area contributed by atoms with Gasteiger partial charge in [0.2, 0.25) is 5.91 Å². The number of hydroxylamine groups is 1. The van der Waals surface area contributed by atoms with Gasteiger partial charge in [0.15, 0.2) is 6.29 Å². The molecule has 3 saturated heterocycles. The van der Waals surface area contributed by atoms with Gasteiger partial charge in [-0.3, -0.25) is 9.59 Å². The summed E-state index contributed by atoms with van der Waals surface area (Å²) in [6, 6.07) is 12.2. The summed E-state index contributed by atoms with van der Waals surface area (Å²) in [6.45, 7) is 1.33. The number of nitrogens with one attached hydrogen (secondary N) is 2. The molecule has 3 fully saturated rings. The molecule has 2 N–H and O–H groups in total. The zero-order valence-electron chi connectivity index (χ0n) is 20.5. The van der Waals surface area contributed by atoms with Gasteiger partial charge in [0, 0.05) is 41.5 Å². The van der Waals surface area contributed by atoms with Crippen molar-refractivity contribution >= 4 is 40.6 Å². The van der Waals surface area contributed by atoms with E-state index in [1.165, 1.54) is 11.3 Å². The molecule has 4 heterocycles. The minimum absolute atomic E-state index is 0.0825. The normalized spacial score (nSPS) is 26.4. The molecular weight excluding hydrogens is 496 g/mol. The average molecular weight is 531 g/mol. The monoisotopic (exact) mass is 530 g/mol. The molecule has 9 heteroatoms. The zero-order valence-corrected chi connectivity index (χ0v) is 22.1. The van der Waals surface area contributed by atoms with Gasteiger partial charge in [-0.05, 0) is 74.1 Å². The number of anilines is 1. The van der Waals surface area contributed by atoms with Crippen LogP contribution >= 0.6 is 23.1 Å². The first-order chi connectivity index (χ1) is 17.6. The molecule has 0 aliphatic carbocycles. The van der Waals surface area contributed by atoms with Crippen LogP contribution in [0.5, 0.6) is 0 Å². The lowest BCUT2D eigenvalue weighted by atomic mass is 9.94. The summed E-state index contributed by atoms with van der Waals surface area (Å²) in [7, 11) is 0. The highest BCUT2D eigenvalue weighted by molar-refractivity contribution is 8.00. The Labute approximate surface area is 220 Å². The Balaban J connectivity index is 1.27. The molecule has 1 aromatic carbocycles. The summed E-state index contributed by atoms with van der Waals surface area (Å²) >= 11 is 3.61. The number of hydrogen-bond donors (Lipinski definition) is 2. The number of ether oxygens (including phenoxy) is 2. The zero-order chi connectivity index (χ0) is 24.8. The second-order valence-corrected chi connectivity index (χ2v) is 12.2. The topological polar surface area (TPSA) is 85.9 Å². The molecule has 194 valence electrons. The van der Waals surface area contributed by atoms with E-state index < -0.39 is 0 Å². The molecule has 0 saturated carbocycles. The van der Waals surface area contributed by atoms with Crippen LogP contribution in [-0.4, -0.2) is 43.2 Å². The fraction of sp³-hybridized carbons (Fsp3) is 0.556. The van der Waals surface area contributed by atoms with Crippen LogP contribution in [0, 0.1) is 0 Å². The van der Waals surface area contributed by atoms with E-state index in [9.17, 15) is 9.59 Å². The molecule has 3 atom stereocenters. The van der Waals surface area contributed by atoms with Gasteiger partial charge in [-0.2, -0.15) is 0 Å². The molecule has 3 aliphatic heterocycles. The van der Waals surface area contributed by atoms with E-state index in [1.807, 2.05) is 30.0 Å². The quantitative estimate of drug-likeness (QED) is 0.432. The Morgan fingerprint density at radius 3 is 2.72 bits per heavy atom. The van der Waals surface area contributed by atoms with Crippen LogP contribution in [0.15, 0.2) is 36.4 Å². The van der Waals surface area contributed by atoms with Crippen molar-refractivity contribution in [3.8, 4) is 10.4 Å². The van der Waals surface area contributed by atoms with Crippen molar-refractivity contribution < 1.29 is 23.9 Å². The van der Waals surface area contributed by atoms with Crippen molar-refractivity contribution in [2.24, 2.45) is 0 Å². The van der Waals surface area contributed by atoms with Crippen LogP contribution in [0.3, 0.4) is 0 Å². The standard InChI is InChI=1S/C27H34N2O5S2/c30-24(29-34-25-10-1-3-14-33-25)18-27(13-2-4-16-35-27)23-12-11-22(36-23)19-7-5-8-20(17-19)28-26(31)21-9-6-15-32-21/h5,7-8,11-12,17,21,25H,1-4,6,9-10,13-16,18H2,(H,28,31)(H,29,30)/t21?,25?,27-/m0/s1. The van der Waals surface area contributed by atoms with Gasteiger partial charge in [-0.25, -0.2) is 10.3 Å². The Bertz CT molecular complexity index is 1040. The minimum atomic E-state index is -0.356. The minimum Gasteiger partial charge on any atom is -0.368 e. The highest BCUT2D eigenvalue weighted by Crippen LogP contribution is 2.51. The maximum atomic E-state index is 12.9. The third kappa shape index (κ3) is 6.31. The molecule has 5 rings (SSSR count). The number of hydrogen-bond acceptors (Lipinski definition) is 7. The van der Waals surface area contributed by atoms with Gasteiger partial charge in [0.05, 0.1) is 4.75 Å². The Morgan fingerprint density at radius 1 is 1.03 bits per heavy atom. The molecule has 1 aromatic heterocycles. The fourth-order valence-electron chi connectivity index (χ4n) is 5.00. The van der Waals surface area contributed by atoms with Crippen LogP contribution in [0.4, 0.5) is 5.69 Å². The summed E-state index contributed by atoms with van der Waals surface area (Å²) in [5.74, 6) is 0.853. The molecule has 0 radical (unpaired) electrons. The summed E-state index contributed by atoms with van der Waals surface area (Å²) in [6.07, 6.45) is 7.50. The Kier molecular flexibility index (Phi) is 8.64. The molecule has 2 unspecified atom stereocenters. The molecule has 2 aromatic rings. The average Bonchev–Trinajstić information content (AvgIpc) is 3.62. The highest BCUT2D eigenvalue weighted by Gasteiger charge is 2.38. The molecule has 36 heavy (non-hydrogen) atoms. The van der Waals surface area contributed by atoms with Crippen LogP contribution in [0.2, 0.25) is 0 Å². The lowest BCUT2D eigenvalue weighted by molar-refractivity contribution is -0.200. The Morgan fingerprint density at radius 2 is 1.94 bits per heavy atom. The lowest BCUT2D eigenvalue weighted by Gasteiger charge is -2.35. The van der Waals surface area contributed by atoms with Gasteiger partial charge < -0.3 is 14.8 Å². The summed E-state index contributed by atoms with van der Waals surface area (Å²) in [5, 5.41) is 3.00. The first kappa shape index (κ1) is 25.7. The van der Waals surface area contributed by atoms with Crippen molar-refractivity contribution in [1.29, 1.82) is 0 Å². The van der Waals surface area contributed by atoms with Crippen LogP contribution in [0.25, 0.3) is 10.4 Å². The maximum absolute atomic E-state index is 12.9. The van der Waals surface area contributed by atoms with Crippen molar-refractivity contribution in [3.05, 3.63) is 41.3 Å². The predicted molar refractivity (Wildman–Crippen MR) is 143 cm³/mol. The maximum Gasteiger partial charge on any atom is 0.253 e. The van der Waals surface area contributed by atoms with Gasteiger partial charge >= 0.3 is 0 Å². The van der Waals surface area contributed by atoms with E-state index in [-0.39, 0.29) is 29.0 Å². The second kappa shape index (κ2) is 12.1. The summed E-state index contributed by atoms with van der Waals surface area (Å²) in [5.41, 5.74) is 4.48. The number of carbonyl (C=O) groups excluding carboxylic acids is 2. The predicted octanol–water partition coefficient (Wildman–Crippen LogP) is 5.61. The SMILES string of the molecule is O=C(C[C@]1(c2ccc(-c3cccc(NC(=O)C4CCCO4)c3)s2)CCCCS1)NOC1CCCCO1. The molecular formula is C27H34N2O5S2. The summed E-state index contributed by atoms with van der Waals surface area (Å²) in [4.78, 5) is 33.3. The molecule has 2 amide bonds. The first-order valence-corrected chi connectivity index (χ1v) is 14.7. The van der Waals surface area contributed by atoms with Crippen LogP contribution in [-0.2, 0) is 28.6 Å². The molecule has 3 aliphatic rings. The third-order valence-corrected chi connectivity index (χ3v) is 10.0. The van der Waals surface area contributed by atoms with Gasteiger partial charge in [-0.15, -0.1) is 23.1 Å². The highest BCUT2D eigenvalue weighted by atomic mass is 32.2. The summed E-state index contributed by atoms with van der Waals surface area (Å²) < 4.78 is 10.8. The number of thiophene rings is 1. The van der Waals surface area contributed by atoms with E-state index in [1.54, 1.807) is 11.3 Å². The van der Waals surface area contributed by atoms with Gasteiger partial charge in [-0.1, -0.05) is 18.6 Å². The fourth-order valence-corrected chi connectivity index (χ4v) is 7.89. The largest absolute Gasteiger partial charge is 0.368 e. The van der Waals surface area contributed by atoms with Crippen LogP contribution < -0.4 is 10.8 Å². The van der Waals surface area contributed by atoms with E-state index in [0.29, 0.717) is 19.6 Å². The van der Waals surface area contributed by atoms with Crippen molar-refractivity contribution in [1.82, 2.24) is 5.48 Å². The van der Waals surface area contributed by atoms with E-state index >= 15 is 0 Å². The molecule has 7 nitrogen and oxygen atoms in total. The van der Waals surface area contributed by atoms with Gasteiger partial charge in [0.25, 0.3) is 5.91 Å². The third-order valence-electron chi connectivity index (χ3n) is 6.93. The van der Waals surface area contributed by atoms with Gasteiger partial charge in [0.1, 0.15) is 6.10 Å². The number of thioether (sulfide) groups is 1. The smallest absolute Gasteiger partial charge is 0.253 e. The van der Waals surface area contributed by atoms with Crippen molar-refractivity contribution in [2.45, 2.75) is 74.9 Å². The second-order valence-electron chi connectivity index (χ2n) is 9.65. The van der Waals surface area contributed by atoms with Crippen molar-refractivity contribution in [2.75, 3.05) is 24.3 Å². The molecule has 0 bridgehead atoms. The van der Waals surface area contributed by atoms with E-state index in [2.05, 4.69) is 29.0 Å². The Hall–Kier alpha value is -1.91. The number of benzene rings is 1. The number of rotatable bonds is 8. The van der Waals surface area contributed by atoms with E-state index in [4.69, 9.17) is 14.3 Å². The lowest BCUT2D eigenvalue weighted by Crippen LogP contribution is -2.37. The van der Waals surface area contributed by atoms with Crippen LogP contribution in [0.1, 0.15) is 62.7 Å². The number of amides is 2. The van der Waals surface area contributed by atoms with E-state index in [0.717, 1.165) is 66.8 Å². The number of carbonyl (C=O) groups is 2. The molecule has 0 spiro atoms.